The van der Waals surface area contributed by atoms with E-state index in [4.69, 9.17) is 27.1 Å². The molecule has 0 aromatic rings. The average Bonchev–Trinajstić information content (AvgIpc) is 2.66. The van der Waals surface area contributed by atoms with E-state index in [0.29, 0.717) is 0 Å². The minimum absolute atomic E-state index is 0.00875. The third-order valence-electron chi connectivity index (χ3n) is 3.89. The molecule has 31 heavy (non-hydrogen) atoms. The topological polar surface area (TPSA) is 270 Å². The maximum absolute atomic E-state index is 12.4. The van der Waals surface area contributed by atoms with Gasteiger partial charge in [0.2, 0.25) is 17.7 Å². The van der Waals surface area contributed by atoms with Gasteiger partial charge < -0.3 is 48.1 Å². The van der Waals surface area contributed by atoms with Crippen LogP contribution in [0.1, 0.15) is 26.2 Å². The van der Waals surface area contributed by atoms with Crippen LogP contribution in [0.25, 0.3) is 0 Å². The standard InChI is InChI=1S/C16H29N7O8/c1-7(15(30)31)21-13(28)9(3-2-4-20-16(18)19)22-14(29)10(6-24)23-12(27)8(17)5-11(25)26/h7-10,24H,2-6,17H2,1H3,(H,21,28)(H,22,29)(H,23,27)(H,25,26)(H,30,31)(H4,18,19,20)/t7-,8-,9-,10-/m0/s1. The van der Waals surface area contributed by atoms with Gasteiger partial charge >= 0.3 is 11.9 Å². The molecule has 0 aliphatic carbocycles. The van der Waals surface area contributed by atoms with Crippen LogP contribution in [0.3, 0.4) is 0 Å². The second kappa shape index (κ2) is 13.7. The van der Waals surface area contributed by atoms with Crippen LogP contribution in [0, 0.1) is 5.41 Å². The lowest BCUT2D eigenvalue weighted by Gasteiger charge is -2.23. The first-order valence-corrected chi connectivity index (χ1v) is 9.19. The van der Waals surface area contributed by atoms with Gasteiger partial charge in [0.15, 0.2) is 5.96 Å². The fourth-order valence-electron chi connectivity index (χ4n) is 2.20. The number of aliphatic hydroxyl groups is 1. The molecule has 3 amide bonds. The summed E-state index contributed by atoms with van der Waals surface area (Å²) in [5, 5.41) is 43.1. The summed E-state index contributed by atoms with van der Waals surface area (Å²) in [4.78, 5) is 58.3. The number of nitrogens with two attached hydrogens (primary N) is 2. The smallest absolute Gasteiger partial charge is 0.325 e. The maximum Gasteiger partial charge on any atom is 0.325 e. The van der Waals surface area contributed by atoms with Crippen molar-refractivity contribution in [3.8, 4) is 0 Å². The van der Waals surface area contributed by atoms with E-state index in [1.807, 2.05) is 0 Å². The fourth-order valence-corrected chi connectivity index (χ4v) is 2.20. The summed E-state index contributed by atoms with van der Waals surface area (Å²) in [5.41, 5.74) is 10.5. The van der Waals surface area contributed by atoms with Crippen molar-refractivity contribution in [2.75, 3.05) is 13.2 Å². The number of amides is 3. The highest BCUT2D eigenvalue weighted by Gasteiger charge is 2.29. The molecule has 0 aliphatic heterocycles. The summed E-state index contributed by atoms with van der Waals surface area (Å²) in [5.74, 6) is -5.73. The van der Waals surface area contributed by atoms with Gasteiger partial charge in [-0.25, -0.2) is 0 Å². The van der Waals surface area contributed by atoms with E-state index >= 15 is 0 Å². The number of carbonyl (C=O) groups excluding carboxylic acids is 3. The van der Waals surface area contributed by atoms with Gasteiger partial charge in [0, 0.05) is 6.54 Å². The second-order valence-electron chi connectivity index (χ2n) is 6.56. The van der Waals surface area contributed by atoms with Gasteiger partial charge in [0.25, 0.3) is 0 Å². The third kappa shape index (κ3) is 11.3. The predicted molar refractivity (Wildman–Crippen MR) is 106 cm³/mol. The summed E-state index contributed by atoms with van der Waals surface area (Å²) >= 11 is 0. The first-order chi connectivity index (χ1) is 14.4. The van der Waals surface area contributed by atoms with Crippen LogP contribution >= 0.6 is 0 Å². The number of carboxylic acid groups (broad SMARTS) is 2. The first-order valence-electron chi connectivity index (χ1n) is 9.19. The number of guanidine groups is 1. The Hall–Kier alpha value is -3.46. The summed E-state index contributed by atoms with van der Waals surface area (Å²) in [6.07, 6.45) is -0.444. The van der Waals surface area contributed by atoms with Crippen molar-refractivity contribution in [2.45, 2.75) is 50.4 Å². The summed E-state index contributed by atoms with van der Waals surface area (Å²) in [6.45, 7) is 0.536. The lowest BCUT2D eigenvalue weighted by molar-refractivity contribution is -0.141. The van der Waals surface area contributed by atoms with E-state index in [-0.39, 0.29) is 25.3 Å². The van der Waals surface area contributed by atoms with Gasteiger partial charge in [-0.2, -0.15) is 0 Å². The Labute approximate surface area is 177 Å². The first kappa shape index (κ1) is 27.5. The monoisotopic (exact) mass is 447 g/mol. The lowest BCUT2D eigenvalue weighted by atomic mass is 10.1. The van der Waals surface area contributed by atoms with Crippen molar-refractivity contribution in [3.05, 3.63) is 0 Å². The van der Waals surface area contributed by atoms with E-state index in [1.54, 1.807) is 0 Å². The van der Waals surface area contributed by atoms with Gasteiger partial charge in [0.05, 0.1) is 19.1 Å². The molecule has 15 nitrogen and oxygen atoms in total. The van der Waals surface area contributed by atoms with Crippen LogP contribution in [-0.4, -0.2) is 88.3 Å². The largest absolute Gasteiger partial charge is 0.481 e. The molecule has 0 saturated carbocycles. The van der Waals surface area contributed by atoms with Crippen molar-refractivity contribution < 1.29 is 39.3 Å². The van der Waals surface area contributed by atoms with E-state index in [9.17, 15) is 29.1 Å². The Bertz CT molecular complexity index is 687. The Kier molecular flexibility index (Phi) is 12.2. The molecule has 0 fully saturated rings. The van der Waals surface area contributed by atoms with Crippen LogP contribution in [-0.2, 0) is 24.0 Å². The Morgan fingerprint density at radius 2 is 1.52 bits per heavy atom. The second-order valence-corrected chi connectivity index (χ2v) is 6.56. The highest BCUT2D eigenvalue weighted by Crippen LogP contribution is 2.01. The quantitative estimate of drug-likeness (QED) is 0.0689. The number of hydrogen-bond donors (Lipinski definition) is 10. The van der Waals surface area contributed by atoms with Gasteiger partial charge in [0.1, 0.15) is 18.1 Å². The molecule has 176 valence electrons. The average molecular weight is 447 g/mol. The van der Waals surface area contributed by atoms with Crippen LogP contribution in [0.15, 0.2) is 0 Å². The van der Waals surface area contributed by atoms with Gasteiger partial charge in [-0.1, -0.05) is 0 Å². The molecule has 0 radical (unpaired) electrons. The predicted octanol–water partition coefficient (Wildman–Crippen LogP) is -4.40. The molecule has 0 bridgehead atoms. The Morgan fingerprint density at radius 3 is 2.00 bits per heavy atom. The molecule has 0 aliphatic rings. The molecule has 0 heterocycles. The number of carbonyl (C=O) groups is 5. The molecule has 0 aromatic heterocycles. The normalized spacial score (nSPS) is 14.3. The van der Waals surface area contributed by atoms with Crippen molar-refractivity contribution in [1.82, 2.24) is 21.3 Å². The molecule has 0 saturated heterocycles. The number of carboxylic acids is 2. The molecule has 0 aromatic carbocycles. The molecule has 0 rings (SSSR count). The number of aliphatic carboxylic acids is 2. The summed E-state index contributed by atoms with van der Waals surface area (Å²) < 4.78 is 0. The fraction of sp³-hybridized carbons (Fsp3) is 0.625. The number of hydrogen-bond acceptors (Lipinski definition) is 8. The molecule has 4 atom stereocenters. The maximum atomic E-state index is 12.4. The SMILES string of the molecule is C[C@H](NC(=O)[C@H](CCCNC(=N)N)NC(=O)[C@H](CO)NC(=O)[C@@H](N)CC(=O)O)C(=O)O. The zero-order valence-electron chi connectivity index (χ0n) is 16.9. The van der Waals surface area contributed by atoms with Crippen molar-refractivity contribution in [3.63, 3.8) is 0 Å². The zero-order chi connectivity index (χ0) is 24.1. The van der Waals surface area contributed by atoms with Crippen molar-refractivity contribution in [2.24, 2.45) is 11.5 Å². The molecule has 12 N–H and O–H groups in total. The molecular weight excluding hydrogens is 418 g/mol. The number of nitrogens with one attached hydrogen (secondary N) is 5. The van der Waals surface area contributed by atoms with Crippen LogP contribution in [0.4, 0.5) is 0 Å². The lowest BCUT2D eigenvalue weighted by Crippen LogP contribution is -2.58. The Balaban J connectivity index is 5.15. The van der Waals surface area contributed by atoms with E-state index < -0.39 is 66.9 Å². The third-order valence-corrected chi connectivity index (χ3v) is 3.89. The van der Waals surface area contributed by atoms with Crippen LogP contribution in [0.2, 0.25) is 0 Å². The molecule has 0 spiro atoms. The van der Waals surface area contributed by atoms with E-state index in [0.717, 1.165) is 0 Å². The highest BCUT2D eigenvalue weighted by molar-refractivity contribution is 5.94. The minimum atomic E-state index is -1.53. The molecule has 15 heteroatoms. The molecular formula is C16H29N7O8. The van der Waals surface area contributed by atoms with E-state index in [1.165, 1.54) is 6.92 Å². The van der Waals surface area contributed by atoms with Gasteiger partial charge in [-0.15, -0.1) is 0 Å². The van der Waals surface area contributed by atoms with E-state index in [2.05, 4.69) is 21.3 Å². The number of rotatable bonds is 14. The van der Waals surface area contributed by atoms with Gasteiger partial charge in [-0.3, -0.25) is 29.4 Å². The van der Waals surface area contributed by atoms with Crippen LogP contribution in [0.5, 0.6) is 0 Å². The Morgan fingerprint density at radius 1 is 0.968 bits per heavy atom. The number of aliphatic hydroxyl groups excluding tert-OH is 1. The summed E-state index contributed by atoms with van der Waals surface area (Å²) in [6, 6.07) is -5.48. The van der Waals surface area contributed by atoms with Crippen molar-refractivity contribution >= 4 is 35.6 Å². The summed E-state index contributed by atoms with van der Waals surface area (Å²) in [7, 11) is 0. The zero-order valence-corrected chi connectivity index (χ0v) is 16.9. The molecule has 0 unspecified atom stereocenters. The highest BCUT2D eigenvalue weighted by atomic mass is 16.4. The van der Waals surface area contributed by atoms with Crippen LogP contribution < -0.4 is 32.7 Å². The van der Waals surface area contributed by atoms with Gasteiger partial charge in [-0.05, 0) is 19.8 Å². The van der Waals surface area contributed by atoms with Crippen molar-refractivity contribution in [1.29, 1.82) is 5.41 Å². The minimum Gasteiger partial charge on any atom is -0.481 e.